The van der Waals surface area contributed by atoms with Crippen LogP contribution in [0.15, 0.2) is 42.6 Å². The normalized spacial score (nSPS) is 10.6. The molecule has 112 valence electrons. The van der Waals surface area contributed by atoms with E-state index in [1.807, 2.05) is 37.3 Å². The summed E-state index contributed by atoms with van der Waals surface area (Å²) in [4.78, 5) is 26.4. The fourth-order valence-electron chi connectivity index (χ4n) is 2.12. The number of aliphatic carboxylic acids is 1. The molecule has 1 aromatic heterocycles. The van der Waals surface area contributed by atoms with Gasteiger partial charge in [-0.05, 0) is 48.4 Å². The molecule has 0 aliphatic heterocycles. The molecule has 0 atom stereocenters. The van der Waals surface area contributed by atoms with Crippen molar-refractivity contribution in [1.82, 2.24) is 4.98 Å². The highest BCUT2D eigenvalue weighted by atomic mass is 16.4. The third kappa shape index (κ3) is 3.79. The van der Waals surface area contributed by atoms with Gasteiger partial charge < -0.3 is 10.4 Å². The van der Waals surface area contributed by atoms with Gasteiger partial charge in [0.05, 0.1) is 5.69 Å². The van der Waals surface area contributed by atoms with Crippen LogP contribution in [-0.4, -0.2) is 22.0 Å². The Morgan fingerprint density at radius 3 is 2.64 bits per heavy atom. The number of hydrogen-bond donors (Lipinski definition) is 2. The Balaban J connectivity index is 2.56. The number of hydrogen-bond acceptors (Lipinski definition) is 3. The Morgan fingerprint density at radius 1 is 1.27 bits per heavy atom. The smallest absolute Gasteiger partial charge is 0.328 e. The van der Waals surface area contributed by atoms with Crippen LogP contribution in [0.25, 0.3) is 17.3 Å². The zero-order valence-corrected chi connectivity index (χ0v) is 12.3. The lowest BCUT2D eigenvalue weighted by Gasteiger charge is -2.12. The number of amides is 1. The molecular weight excluding hydrogens is 280 g/mol. The van der Waals surface area contributed by atoms with Crippen molar-refractivity contribution in [3.63, 3.8) is 0 Å². The zero-order chi connectivity index (χ0) is 16.1. The van der Waals surface area contributed by atoms with Crippen LogP contribution in [0.5, 0.6) is 0 Å². The minimum Gasteiger partial charge on any atom is -0.478 e. The van der Waals surface area contributed by atoms with E-state index in [1.165, 1.54) is 13.0 Å². The highest BCUT2D eigenvalue weighted by Crippen LogP contribution is 2.29. The quantitative estimate of drug-likeness (QED) is 0.850. The van der Waals surface area contributed by atoms with Gasteiger partial charge in [-0.3, -0.25) is 9.78 Å². The summed E-state index contributed by atoms with van der Waals surface area (Å²) in [5.41, 5.74) is 3.81. The molecule has 22 heavy (non-hydrogen) atoms. The van der Waals surface area contributed by atoms with Crippen LogP contribution in [0.1, 0.15) is 18.1 Å². The fourth-order valence-corrected chi connectivity index (χ4v) is 2.12. The first-order chi connectivity index (χ1) is 10.5. The van der Waals surface area contributed by atoms with Crippen molar-refractivity contribution >= 4 is 23.6 Å². The molecule has 0 spiro atoms. The molecule has 0 radical (unpaired) electrons. The minimum atomic E-state index is -1.05. The van der Waals surface area contributed by atoms with E-state index in [0.717, 1.165) is 22.9 Å². The maximum absolute atomic E-state index is 11.3. The van der Waals surface area contributed by atoms with Gasteiger partial charge in [-0.25, -0.2) is 4.79 Å². The highest BCUT2D eigenvalue weighted by Gasteiger charge is 2.09. The van der Waals surface area contributed by atoms with Crippen molar-refractivity contribution in [1.29, 1.82) is 0 Å². The Kier molecular flexibility index (Phi) is 4.68. The van der Waals surface area contributed by atoms with E-state index >= 15 is 0 Å². The van der Waals surface area contributed by atoms with Crippen molar-refractivity contribution in [2.75, 3.05) is 5.32 Å². The van der Waals surface area contributed by atoms with Gasteiger partial charge in [0.1, 0.15) is 0 Å². The lowest BCUT2D eigenvalue weighted by atomic mass is 9.99. The first-order valence-corrected chi connectivity index (χ1v) is 6.72. The summed E-state index contributed by atoms with van der Waals surface area (Å²) in [5, 5.41) is 11.5. The molecule has 0 fully saturated rings. The van der Waals surface area contributed by atoms with Gasteiger partial charge in [0.25, 0.3) is 0 Å². The second-order valence-electron chi connectivity index (χ2n) is 4.82. The maximum Gasteiger partial charge on any atom is 0.328 e. The summed E-state index contributed by atoms with van der Waals surface area (Å²) < 4.78 is 0. The fraction of sp³-hybridized carbons (Fsp3) is 0.118. The first-order valence-electron chi connectivity index (χ1n) is 6.72. The molecule has 2 rings (SSSR count). The number of carbonyl (C=O) groups is 2. The van der Waals surface area contributed by atoms with Gasteiger partial charge in [-0.15, -0.1) is 0 Å². The third-order valence-corrected chi connectivity index (χ3v) is 3.05. The number of aryl methyl sites for hydroxylation is 1. The number of benzene rings is 1. The number of carbonyl (C=O) groups excluding carboxylic acids is 1. The van der Waals surface area contributed by atoms with E-state index in [-0.39, 0.29) is 5.91 Å². The number of aromatic nitrogens is 1. The van der Waals surface area contributed by atoms with Crippen molar-refractivity contribution in [3.8, 4) is 11.3 Å². The summed E-state index contributed by atoms with van der Waals surface area (Å²) in [5.74, 6) is -1.26. The molecule has 2 aromatic rings. The Hall–Kier alpha value is -2.95. The third-order valence-electron chi connectivity index (χ3n) is 3.05. The number of pyridine rings is 1. The molecule has 0 unspecified atom stereocenters. The molecule has 0 aliphatic rings. The molecule has 0 aliphatic carbocycles. The van der Waals surface area contributed by atoms with Crippen molar-refractivity contribution < 1.29 is 14.7 Å². The SMILES string of the molecule is CC(=O)Nc1cc(C)c(-c2ccccn2)cc1/C=C/C(=O)O. The second-order valence-corrected chi connectivity index (χ2v) is 4.82. The average molecular weight is 296 g/mol. The largest absolute Gasteiger partial charge is 0.478 e. The summed E-state index contributed by atoms with van der Waals surface area (Å²) in [6, 6.07) is 9.23. The molecule has 2 N–H and O–H groups in total. The molecule has 0 saturated carbocycles. The van der Waals surface area contributed by atoms with Crippen molar-refractivity contribution in [2.45, 2.75) is 13.8 Å². The first kappa shape index (κ1) is 15.4. The van der Waals surface area contributed by atoms with E-state index in [4.69, 9.17) is 5.11 Å². The van der Waals surface area contributed by atoms with Gasteiger partial charge in [0.2, 0.25) is 5.91 Å². The average Bonchev–Trinajstić information content (AvgIpc) is 2.46. The number of rotatable bonds is 4. The van der Waals surface area contributed by atoms with E-state index in [1.54, 1.807) is 6.20 Å². The molecule has 1 amide bonds. The van der Waals surface area contributed by atoms with Gasteiger partial charge in [0.15, 0.2) is 0 Å². The standard InChI is InChI=1S/C17H16N2O3/c1-11-9-16(19-12(2)20)13(6-7-17(21)22)10-14(11)15-5-3-4-8-18-15/h3-10H,1-2H3,(H,19,20)(H,21,22)/b7-6+. The van der Waals surface area contributed by atoms with Crippen LogP contribution in [0.3, 0.4) is 0 Å². The second kappa shape index (κ2) is 6.67. The predicted molar refractivity (Wildman–Crippen MR) is 85.4 cm³/mol. The molecule has 1 heterocycles. The van der Waals surface area contributed by atoms with Crippen LogP contribution >= 0.6 is 0 Å². The topological polar surface area (TPSA) is 79.3 Å². The maximum atomic E-state index is 11.3. The number of anilines is 1. The summed E-state index contributed by atoms with van der Waals surface area (Å²) in [6.07, 6.45) is 4.20. The molecule has 5 heteroatoms. The van der Waals surface area contributed by atoms with Crippen LogP contribution in [0, 0.1) is 6.92 Å². The Morgan fingerprint density at radius 2 is 2.05 bits per heavy atom. The van der Waals surface area contributed by atoms with Crippen LogP contribution in [-0.2, 0) is 9.59 Å². The summed E-state index contributed by atoms with van der Waals surface area (Å²) in [6.45, 7) is 3.33. The van der Waals surface area contributed by atoms with Crippen molar-refractivity contribution in [2.24, 2.45) is 0 Å². The van der Waals surface area contributed by atoms with Crippen LogP contribution < -0.4 is 5.32 Å². The van der Waals surface area contributed by atoms with E-state index in [9.17, 15) is 9.59 Å². The zero-order valence-electron chi connectivity index (χ0n) is 12.3. The predicted octanol–water partition coefficient (Wildman–Crippen LogP) is 3.11. The van der Waals surface area contributed by atoms with E-state index in [2.05, 4.69) is 10.3 Å². The van der Waals surface area contributed by atoms with Crippen LogP contribution in [0.2, 0.25) is 0 Å². The van der Waals surface area contributed by atoms with Gasteiger partial charge >= 0.3 is 5.97 Å². The monoisotopic (exact) mass is 296 g/mol. The lowest BCUT2D eigenvalue weighted by molar-refractivity contribution is -0.131. The van der Waals surface area contributed by atoms with Crippen molar-refractivity contribution in [3.05, 3.63) is 53.7 Å². The molecule has 0 saturated heterocycles. The number of nitrogens with zero attached hydrogens (tertiary/aromatic N) is 1. The molecular formula is C17H16N2O3. The van der Waals surface area contributed by atoms with Gasteiger partial charge in [-0.1, -0.05) is 6.07 Å². The number of carboxylic acids is 1. The molecule has 5 nitrogen and oxygen atoms in total. The van der Waals surface area contributed by atoms with E-state index in [0.29, 0.717) is 11.3 Å². The van der Waals surface area contributed by atoms with Crippen LogP contribution in [0.4, 0.5) is 5.69 Å². The molecule has 1 aromatic carbocycles. The Bertz CT molecular complexity index is 737. The molecule has 0 bridgehead atoms. The van der Waals surface area contributed by atoms with Gasteiger partial charge in [-0.2, -0.15) is 0 Å². The minimum absolute atomic E-state index is 0.213. The Labute approximate surface area is 128 Å². The summed E-state index contributed by atoms with van der Waals surface area (Å²) >= 11 is 0. The summed E-state index contributed by atoms with van der Waals surface area (Å²) in [7, 11) is 0. The lowest BCUT2D eigenvalue weighted by Crippen LogP contribution is -2.08. The highest BCUT2D eigenvalue weighted by molar-refractivity contribution is 5.94. The van der Waals surface area contributed by atoms with Gasteiger partial charge in [0, 0.05) is 30.4 Å². The van der Waals surface area contributed by atoms with E-state index < -0.39 is 5.97 Å². The number of carboxylic acid groups (broad SMARTS) is 1. The number of nitrogens with one attached hydrogen (secondary N) is 1.